The van der Waals surface area contributed by atoms with E-state index in [2.05, 4.69) is 10.4 Å². The molecule has 0 bridgehead atoms. The van der Waals surface area contributed by atoms with Gasteiger partial charge in [-0.2, -0.15) is 5.10 Å². The third kappa shape index (κ3) is 2.64. The van der Waals surface area contributed by atoms with Gasteiger partial charge < -0.3 is 5.32 Å². The number of nitrogens with zero attached hydrogens (tertiary/aromatic N) is 2. The Kier molecular flexibility index (Phi) is 3.13. The van der Waals surface area contributed by atoms with E-state index in [0.717, 1.165) is 17.1 Å². The van der Waals surface area contributed by atoms with Crippen molar-refractivity contribution >= 4 is 5.69 Å². The van der Waals surface area contributed by atoms with Crippen LogP contribution in [-0.4, -0.2) is 9.78 Å². The van der Waals surface area contributed by atoms with Crippen LogP contribution in [0.2, 0.25) is 0 Å². The number of benzene rings is 1. The molecule has 90 valence electrons. The Hall–Kier alpha value is -1.84. The van der Waals surface area contributed by atoms with Gasteiger partial charge in [-0.05, 0) is 37.6 Å². The number of hydrogen-bond acceptors (Lipinski definition) is 2. The Morgan fingerprint density at radius 2 is 2.06 bits per heavy atom. The second kappa shape index (κ2) is 4.57. The molecule has 1 heterocycles. The van der Waals surface area contributed by atoms with Gasteiger partial charge in [-0.15, -0.1) is 0 Å². The fourth-order valence-corrected chi connectivity index (χ4v) is 1.73. The Balaban J connectivity index is 2.07. The van der Waals surface area contributed by atoms with Crippen molar-refractivity contribution in [2.45, 2.75) is 20.4 Å². The van der Waals surface area contributed by atoms with Crippen LogP contribution in [0.15, 0.2) is 24.3 Å². The van der Waals surface area contributed by atoms with Gasteiger partial charge in [0, 0.05) is 12.7 Å². The molecule has 1 N–H and O–H groups in total. The smallest absolute Gasteiger partial charge is 0.128 e. The maximum Gasteiger partial charge on any atom is 0.128 e. The molecular weight excluding hydrogens is 217 g/mol. The van der Waals surface area contributed by atoms with Crippen molar-refractivity contribution in [2.75, 3.05) is 5.32 Å². The summed E-state index contributed by atoms with van der Waals surface area (Å²) in [6.07, 6.45) is 0. The van der Waals surface area contributed by atoms with Crippen LogP contribution in [0.5, 0.6) is 0 Å². The average molecular weight is 233 g/mol. The van der Waals surface area contributed by atoms with Gasteiger partial charge in [0.15, 0.2) is 0 Å². The van der Waals surface area contributed by atoms with Gasteiger partial charge in [0.25, 0.3) is 0 Å². The fourth-order valence-electron chi connectivity index (χ4n) is 1.73. The zero-order chi connectivity index (χ0) is 12.4. The first-order valence-corrected chi connectivity index (χ1v) is 5.56. The van der Waals surface area contributed by atoms with Crippen LogP contribution in [0.4, 0.5) is 10.1 Å². The summed E-state index contributed by atoms with van der Waals surface area (Å²) < 4.78 is 15.2. The lowest BCUT2D eigenvalue weighted by atomic mass is 10.2. The standard InChI is InChI=1S/C13H16FN3/c1-9-4-5-11(7-13(9)14)15-8-12-6-10(2)16-17(12)3/h4-7,15H,8H2,1-3H3. The Bertz CT molecular complexity index is 531. The summed E-state index contributed by atoms with van der Waals surface area (Å²) in [4.78, 5) is 0. The number of halogens is 1. The third-order valence-corrected chi connectivity index (χ3v) is 2.74. The maximum atomic E-state index is 13.3. The van der Waals surface area contributed by atoms with Crippen LogP contribution in [-0.2, 0) is 13.6 Å². The summed E-state index contributed by atoms with van der Waals surface area (Å²) >= 11 is 0. The molecule has 3 nitrogen and oxygen atoms in total. The molecule has 0 saturated heterocycles. The van der Waals surface area contributed by atoms with E-state index in [9.17, 15) is 4.39 Å². The molecule has 4 heteroatoms. The van der Waals surface area contributed by atoms with Crippen molar-refractivity contribution in [3.8, 4) is 0 Å². The molecule has 0 aliphatic heterocycles. The topological polar surface area (TPSA) is 29.9 Å². The van der Waals surface area contributed by atoms with E-state index < -0.39 is 0 Å². The number of nitrogens with one attached hydrogen (secondary N) is 1. The van der Waals surface area contributed by atoms with Crippen molar-refractivity contribution in [1.29, 1.82) is 0 Å². The second-order valence-corrected chi connectivity index (χ2v) is 4.22. The molecule has 1 aromatic heterocycles. The van der Waals surface area contributed by atoms with Gasteiger partial charge in [-0.1, -0.05) is 6.07 Å². The van der Waals surface area contributed by atoms with E-state index >= 15 is 0 Å². The van der Waals surface area contributed by atoms with Crippen LogP contribution >= 0.6 is 0 Å². The highest BCUT2D eigenvalue weighted by Gasteiger charge is 2.03. The number of aryl methyl sites for hydroxylation is 3. The van der Waals surface area contributed by atoms with Gasteiger partial charge >= 0.3 is 0 Å². The number of hydrogen-bond donors (Lipinski definition) is 1. The molecule has 0 radical (unpaired) electrons. The SMILES string of the molecule is Cc1cc(CNc2ccc(C)c(F)c2)n(C)n1. The zero-order valence-corrected chi connectivity index (χ0v) is 10.3. The predicted octanol–water partition coefficient (Wildman–Crippen LogP) is 2.79. The first kappa shape index (κ1) is 11.6. The van der Waals surface area contributed by atoms with Crippen molar-refractivity contribution in [1.82, 2.24) is 9.78 Å². The highest BCUT2D eigenvalue weighted by atomic mass is 19.1. The molecule has 2 aromatic rings. The van der Waals surface area contributed by atoms with Crippen molar-refractivity contribution in [3.63, 3.8) is 0 Å². The zero-order valence-electron chi connectivity index (χ0n) is 10.3. The third-order valence-electron chi connectivity index (χ3n) is 2.74. The lowest BCUT2D eigenvalue weighted by Gasteiger charge is -2.07. The summed E-state index contributed by atoms with van der Waals surface area (Å²) in [5.41, 5.74) is 3.50. The fraction of sp³-hybridized carbons (Fsp3) is 0.308. The minimum absolute atomic E-state index is 0.184. The summed E-state index contributed by atoms with van der Waals surface area (Å²) in [5, 5.41) is 7.44. The highest BCUT2D eigenvalue weighted by molar-refractivity contribution is 5.45. The largest absolute Gasteiger partial charge is 0.379 e. The molecule has 0 atom stereocenters. The van der Waals surface area contributed by atoms with E-state index in [0.29, 0.717) is 12.1 Å². The quantitative estimate of drug-likeness (QED) is 0.883. The van der Waals surface area contributed by atoms with Crippen molar-refractivity contribution in [2.24, 2.45) is 7.05 Å². The monoisotopic (exact) mass is 233 g/mol. The summed E-state index contributed by atoms with van der Waals surface area (Å²) in [5.74, 6) is -0.184. The van der Waals surface area contributed by atoms with Gasteiger partial charge in [0.05, 0.1) is 17.9 Å². The van der Waals surface area contributed by atoms with Crippen molar-refractivity contribution in [3.05, 3.63) is 47.0 Å². The van der Waals surface area contributed by atoms with Crippen LogP contribution in [0.3, 0.4) is 0 Å². The molecule has 0 amide bonds. The van der Waals surface area contributed by atoms with Crippen LogP contribution in [0, 0.1) is 19.7 Å². The minimum Gasteiger partial charge on any atom is -0.379 e. The molecule has 17 heavy (non-hydrogen) atoms. The lowest BCUT2D eigenvalue weighted by molar-refractivity contribution is 0.619. The molecule has 0 fully saturated rings. The molecule has 0 spiro atoms. The second-order valence-electron chi connectivity index (χ2n) is 4.22. The molecule has 0 aliphatic rings. The normalized spacial score (nSPS) is 10.6. The molecular formula is C13H16FN3. The molecule has 0 saturated carbocycles. The first-order valence-electron chi connectivity index (χ1n) is 5.56. The van der Waals surface area contributed by atoms with Gasteiger partial charge in [-0.25, -0.2) is 4.39 Å². The lowest BCUT2D eigenvalue weighted by Crippen LogP contribution is -2.05. The van der Waals surface area contributed by atoms with E-state index in [1.165, 1.54) is 6.07 Å². The minimum atomic E-state index is -0.184. The van der Waals surface area contributed by atoms with E-state index in [4.69, 9.17) is 0 Å². The molecule has 2 rings (SSSR count). The highest BCUT2D eigenvalue weighted by Crippen LogP contribution is 2.14. The first-order chi connectivity index (χ1) is 8.06. The number of aromatic nitrogens is 2. The Labute approximate surface area is 100 Å². The molecule has 1 aromatic carbocycles. The summed E-state index contributed by atoms with van der Waals surface area (Å²) in [6, 6.07) is 7.17. The van der Waals surface area contributed by atoms with E-state index in [1.807, 2.05) is 30.8 Å². The van der Waals surface area contributed by atoms with Gasteiger partial charge in [0.2, 0.25) is 0 Å². The Morgan fingerprint density at radius 3 is 2.65 bits per heavy atom. The number of anilines is 1. The van der Waals surface area contributed by atoms with Crippen molar-refractivity contribution < 1.29 is 4.39 Å². The van der Waals surface area contributed by atoms with Crippen LogP contribution in [0.1, 0.15) is 17.0 Å². The van der Waals surface area contributed by atoms with Crippen LogP contribution < -0.4 is 5.32 Å². The van der Waals surface area contributed by atoms with E-state index in [-0.39, 0.29) is 5.82 Å². The summed E-state index contributed by atoms with van der Waals surface area (Å²) in [6.45, 7) is 4.35. The molecule has 0 aliphatic carbocycles. The van der Waals surface area contributed by atoms with E-state index in [1.54, 1.807) is 13.0 Å². The maximum absolute atomic E-state index is 13.3. The van der Waals surface area contributed by atoms with Gasteiger partial charge in [0.1, 0.15) is 5.82 Å². The van der Waals surface area contributed by atoms with Crippen LogP contribution in [0.25, 0.3) is 0 Å². The summed E-state index contributed by atoms with van der Waals surface area (Å²) in [7, 11) is 1.90. The number of rotatable bonds is 3. The molecule has 0 unspecified atom stereocenters. The van der Waals surface area contributed by atoms with Gasteiger partial charge in [-0.3, -0.25) is 4.68 Å². The Morgan fingerprint density at radius 1 is 1.29 bits per heavy atom. The average Bonchev–Trinajstić information content (AvgIpc) is 2.59. The predicted molar refractivity (Wildman–Crippen MR) is 66.4 cm³/mol.